The normalized spacial score (nSPS) is 10.9. The Morgan fingerprint density at radius 3 is 2.44 bits per heavy atom. The summed E-state index contributed by atoms with van der Waals surface area (Å²) in [5, 5.41) is 7.54. The molecule has 90 valence electrons. The van der Waals surface area contributed by atoms with Gasteiger partial charge in [-0.15, -0.1) is 0 Å². The van der Waals surface area contributed by atoms with E-state index in [0.717, 1.165) is 23.8 Å². The van der Waals surface area contributed by atoms with Gasteiger partial charge in [0, 0.05) is 19.1 Å². The molecule has 0 spiro atoms. The summed E-state index contributed by atoms with van der Waals surface area (Å²) in [6, 6.07) is 4.66. The van der Waals surface area contributed by atoms with Gasteiger partial charge in [-0.3, -0.25) is 0 Å². The van der Waals surface area contributed by atoms with Crippen LogP contribution in [0.25, 0.3) is 0 Å². The molecule has 2 N–H and O–H groups in total. The van der Waals surface area contributed by atoms with Crippen LogP contribution in [0.15, 0.2) is 12.1 Å². The van der Waals surface area contributed by atoms with Crippen molar-refractivity contribution in [1.82, 2.24) is 5.32 Å². The highest BCUT2D eigenvalue weighted by atomic mass is 35.5. The lowest BCUT2D eigenvalue weighted by Crippen LogP contribution is -2.28. The van der Waals surface area contributed by atoms with Crippen LogP contribution in [0.1, 0.15) is 25.0 Å². The van der Waals surface area contributed by atoms with E-state index in [1.807, 2.05) is 6.07 Å². The fraction of sp³-hybridized carbons (Fsp3) is 0.538. The molecule has 0 aromatic heterocycles. The molecule has 0 aliphatic heterocycles. The Bertz CT molecular complexity index is 325. The molecule has 0 saturated heterocycles. The van der Waals surface area contributed by atoms with Gasteiger partial charge in [0.05, 0.1) is 10.7 Å². The number of hydrogen-bond acceptors (Lipinski definition) is 2. The van der Waals surface area contributed by atoms with Crippen molar-refractivity contribution in [3.63, 3.8) is 0 Å². The molecule has 3 heteroatoms. The van der Waals surface area contributed by atoms with Gasteiger partial charge in [-0.05, 0) is 31.0 Å². The summed E-state index contributed by atoms with van der Waals surface area (Å²) >= 11 is 6.19. The number of nitrogens with one attached hydrogen (secondary N) is 2. The molecule has 16 heavy (non-hydrogen) atoms. The second kappa shape index (κ2) is 6.12. The third-order valence-corrected chi connectivity index (χ3v) is 2.71. The third-order valence-electron chi connectivity index (χ3n) is 2.41. The molecule has 0 saturated carbocycles. The molecule has 0 fully saturated rings. The summed E-state index contributed by atoms with van der Waals surface area (Å²) in [5.74, 6) is 0. The van der Waals surface area contributed by atoms with E-state index in [4.69, 9.17) is 11.6 Å². The second-order valence-electron chi connectivity index (χ2n) is 4.47. The number of benzene rings is 1. The maximum absolute atomic E-state index is 6.19. The number of aryl methyl sites for hydroxylation is 2. The van der Waals surface area contributed by atoms with Crippen molar-refractivity contribution in [1.29, 1.82) is 0 Å². The van der Waals surface area contributed by atoms with Crippen LogP contribution in [0, 0.1) is 13.8 Å². The van der Waals surface area contributed by atoms with E-state index in [1.54, 1.807) is 0 Å². The van der Waals surface area contributed by atoms with Crippen LogP contribution in [0.4, 0.5) is 5.69 Å². The van der Waals surface area contributed by atoms with E-state index in [9.17, 15) is 0 Å². The van der Waals surface area contributed by atoms with E-state index in [2.05, 4.69) is 44.4 Å². The maximum Gasteiger partial charge on any atom is 0.0642 e. The smallest absolute Gasteiger partial charge is 0.0642 e. The van der Waals surface area contributed by atoms with Crippen molar-refractivity contribution in [3.05, 3.63) is 28.3 Å². The minimum absolute atomic E-state index is 0.524. The predicted octanol–water partition coefficient (Wildman–Crippen LogP) is 3.37. The summed E-state index contributed by atoms with van der Waals surface area (Å²) in [4.78, 5) is 0. The monoisotopic (exact) mass is 240 g/mol. The lowest BCUT2D eigenvalue weighted by Gasteiger charge is -2.14. The molecule has 2 nitrogen and oxygen atoms in total. The lowest BCUT2D eigenvalue weighted by molar-refractivity contribution is 0.602. The molecule has 0 unspecified atom stereocenters. The minimum atomic E-state index is 0.524. The van der Waals surface area contributed by atoms with Gasteiger partial charge in [0.25, 0.3) is 0 Å². The number of rotatable bonds is 5. The van der Waals surface area contributed by atoms with Gasteiger partial charge in [-0.1, -0.05) is 31.5 Å². The van der Waals surface area contributed by atoms with Gasteiger partial charge in [-0.25, -0.2) is 0 Å². The SMILES string of the molecule is Cc1cc(C)c(NCCNC(C)C)c(Cl)c1. The standard InChI is InChI=1S/C13H21ClN2/c1-9(2)15-5-6-16-13-11(4)7-10(3)8-12(13)14/h7-9,15-16H,5-6H2,1-4H3. The molecule has 0 aliphatic carbocycles. The van der Waals surface area contributed by atoms with E-state index in [-0.39, 0.29) is 0 Å². The molecule has 1 aromatic carbocycles. The Labute approximate surface area is 103 Å². The van der Waals surface area contributed by atoms with E-state index in [0.29, 0.717) is 6.04 Å². The maximum atomic E-state index is 6.19. The van der Waals surface area contributed by atoms with Gasteiger partial charge < -0.3 is 10.6 Å². The highest BCUT2D eigenvalue weighted by Gasteiger charge is 2.04. The Morgan fingerprint density at radius 1 is 1.19 bits per heavy atom. The van der Waals surface area contributed by atoms with Crippen LogP contribution in [0.5, 0.6) is 0 Å². The summed E-state index contributed by atoms with van der Waals surface area (Å²) in [5.41, 5.74) is 3.46. The van der Waals surface area contributed by atoms with Crippen LogP contribution in [-0.4, -0.2) is 19.1 Å². The van der Waals surface area contributed by atoms with Gasteiger partial charge >= 0.3 is 0 Å². The van der Waals surface area contributed by atoms with E-state index in [1.165, 1.54) is 11.1 Å². The Morgan fingerprint density at radius 2 is 1.88 bits per heavy atom. The van der Waals surface area contributed by atoms with Gasteiger partial charge in [0.2, 0.25) is 0 Å². The molecule has 1 rings (SSSR count). The fourth-order valence-electron chi connectivity index (χ4n) is 1.69. The topological polar surface area (TPSA) is 24.1 Å². The van der Waals surface area contributed by atoms with Crippen molar-refractivity contribution >= 4 is 17.3 Å². The van der Waals surface area contributed by atoms with Crippen molar-refractivity contribution in [3.8, 4) is 0 Å². The number of anilines is 1. The molecule has 0 radical (unpaired) electrons. The summed E-state index contributed by atoms with van der Waals surface area (Å²) in [6.07, 6.45) is 0. The van der Waals surface area contributed by atoms with Gasteiger partial charge in [0.1, 0.15) is 0 Å². The molecule has 0 atom stereocenters. The molecule has 0 amide bonds. The van der Waals surface area contributed by atoms with Crippen LogP contribution >= 0.6 is 11.6 Å². The van der Waals surface area contributed by atoms with Crippen molar-refractivity contribution < 1.29 is 0 Å². The zero-order valence-electron chi connectivity index (χ0n) is 10.5. The van der Waals surface area contributed by atoms with Gasteiger partial charge in [-0.2, -0.15) is 0 Å². The predicted molar refractivity (Wildman–Crippen MR) is 72.6 cm³/mol. The first-order valence-electron chi connectivity index (χ1n) is 5.74. The van der Waals surface area contributed by atoms with Crippen molar-refractivity contribution in [2.75, 3.05) is 18.4 Å². The highest BCUT2D eigenvalue weighted by Crippen LogP contribution is 2.26. The minimum Gasteiger partial charge on any atom is -0.382 e. The molecule has 0 heterocycles. The Hall–Kier alpha value is -0.730. The quantitative estimate of drug-likeness (QED) is 0.772. The van der Waals surface area contributed by atoms with Crippen molar-refractivity contribution in [2.45, 2.75) is 33.7 Å². The zero-order valence-corrected chi connectivity index (χ0v) is 11.3. The van der Waals surface area contributed by atoms with Crippen LogP contribution < -0.4 is 10.6 Å². The second-order valence-corrected chi connectivity index (χ2v) is 4.88. The number of halogens is 1. The van der Waals surface area contributed by atoms with Crippen LogP contribution in [0.3, 0.4) is 0 Å². The Balaban J connectivity index is 2.54. The lowest BCUT2D eigenvalue weighted by atomic mass is 10.1. The Kier molecular flexibility index (Phi) is 5.10. The molecule has 1 aromatic rings. The molecular formula is C13H21ClN2. The molecular weight excluding hydrogens is 220 g/mol. The molecule has 0 aliphatic rings. The largest absolute Gasteiger partial charge is 0.382 e. The summed E-state index contributed by atoms with van der Waals surface area (Å²) < 4.78 is 0. The highest BCUT2D eigenvalue weighted by molar-refractivity contribution is 6.33. The van der Waals surface area contributed by atoms with Gasteiger partial charge in [0.15, 0.2) is 0 Å². The first-order valence-corrected chi connectivity index (χ1v) is 6.12. The van der Waals surface area contributed by atoms with E-state index >= 15 is 0 Å². The van der Waals surface area contributed by atoms with Crippen LogP contribution in [-0.2, 0) is 0 Å². The number of hydrogen-bond donors (Lipinski definition) is 2. The average Bonchev–Trinajstić information content (AvgIpc) is 2.14. The van der Waals surface area contributed by atoms with E-state index < -0.39 is 0 Å². The first kappa shape index (κ1) is 13.3. The molecule has 0 bridgehead atoms. The summed E-state index contributed by atoms with van der Waals surface area (Å²) in [6.45, 7) is 10.3. The first-order chi connectivity index (χ1) is 7.50. The van der Waals surface area contributed by atoms with Crippen LogP contribution in [0.2, 0.25) is 5.02 Å². The fourth-order valence-corrected chi connectivity index (χ4v) is 2.08. The van der Waals surface area contributed by atoms with Crippen molar-refractivity contribution in [2.24, 2.45) is 0 Å². The zero-order chi connectivity index (χ0) is 12.1. The average molecular weight is 241 g/mol. The summed E-state index contributed by atoms with van der Waals surface area (Å²) in [7, 11) is 0. The third kappa shape index (κ3) is 4.03.